The molecule has 0 saturated carbocycles. The fraction of sp³-hybridized carbons (Fsp3) is 0.294. The summed E-state index contributed by atoms with van der Waals surface area (Å²) in [6.07, 6.45) is 3.47. The van der Waals surface area contributed by atoms with Crippen molar-refractivity contribution in [3.63, 3.8) is 0 Å². The van der Waals surface area contributed by atoms with Crippen LogP contribution in [-0.2, 0) is 17.7 Å². The summed E-state index contributed by atoms with van der Waals surface area (Å²) in [5.41, 5.74) is 7.43. The molecule has 4 rings (SSSR count). The number of halogens is 2. The molecule has 0 bridgehead atoms. The van der Waals surface area contributed by atoms with Gasteiger partial charge in [0.15, 0.2) is 0 Å². The van der Waals surface area contributed by atoms with Crippen LogP contribution in [0.15, 0.2) is 33.5 Å². The van der Waals surface area contributed by atoms with E-state index in [2.05, 4.69) is 30.3 Å². The van der Waals surface area contributed by atoms with Crippen molar-refractivity contribution in [1.29, 1.82) is 0 Å². The molecule has 0 amide bonds. The molecule has 0 radical (unpaired) electrons. The van der Waals surface area contributed by atoms with E-state index >= 15 is 0 Å². The van der Waals surface area contributed by atoms with Crippen molar-refractivity contribution in [2.75, 3.05) is 17.2 Å². The maximum atomic E-state index is 14.8. The second-order valence-electron chi connectivity index (χ2n) is 5.79. The molecule has 1 aliphatic heterocycles. The largest absolute Gasteiger partial charge is 0.383 e. The lowest BCUT2D eigenvalue weighted by molar-refractivity contribution is 0.631. The summed E-state index contributed by atoms with van der Waals surface area (Å²) in [7, 11) is -0.120. The number of nitrogens with two attached hydrogens (primary N) is 1. The Labute approximate surface area is 159 Å². The van der Waals surface area contributed by atoms with Gasteiger partial charge in [0.25, 0.3) is 0 Å². The molecule has 1 aromatic carbocycles. The zero-order valence-electron chi connectivity index (χ0n) is 16.2. The van der Waals surface area contributed by atoms with Crippen LogP contribution < -0.4 is 5.73 Å². The van der Waals surface area contributed by atoms with Crippen molar-refractivity contribution in [3.05, 3.63) is 34.9 Å². The van der Waals surface area contributed by atoms with Gasteiger partial charge in [0.2, 0.25) is 0 Å². The minimum Gasteiger partial charge on any atom is -0.383 e. The summed E-state index contributed by atoms with van der Waals surface area (Å²) < 4.78 is 44.1. The summed E-state index contributed by atoms with van der Waals surface area (Å²) in [6.45, 7) is -2.49. The third-order valence-electron chi connectivity index (χ3n) is 4.19. The molecule has 3 heterocycles. The van der Waals surface area contributed by atoms with Crippen molar-refractivity contribution >= 4 is 49.2 Å². The van der Waals surface area contributed by atoms with Gasteiger partial charge in [-0.2, -0.15) is 0 Å². The predicted octanol–water partition coefficient (Wildman–Crippen LogP) is 4.35. The molecule has 1 aliphatic rings. The van der Waals surface area contributed by atoms with Gasteiger partial charge in [-0.15, -0.1) is 0 Å². The second-order valence-corrected chi connectivity index (χ2v) is 8.47. The maximum Gasteiger partial charge on any atom is 0.150 e. The van der Waals surface area contributed by atoms with Gasteiger partial charge in [-0.1, -0.05) is 16.8 Å². The lowest BCUT2D eigenvalue weighted by atomic mass is 10.1. The van der Waals surface area contributed by atoms with Gasteiger partial charge in [0, 0.05) is 28.2 Å². The Morgan fingerprint density at radius 1 is 1.36 bits per heavy atom. The molecule has 3 aromatic rings. The van der Waals surface area contributed by atoms with Crippen LogP contribution in [0.4, 0.5) is 15.9 Å². The van der Waals surface area contributed by atoms with Gasteiger partial charge in [0.05, 0.1) is 9.99 Å². The molecule has 1 fully saturated rings. The van der Waals surface area contributed by atoms with Crippen LogP contribution in [0.2, 0.25) is 0 Å². The highest BCUT2D eigenvalue weighted by Crippen LogP contribution is 2.40. The number of aryl methyl sites for hydroxylation is 1. The van der Waals surface area contributed by atoms with E-state index in [0.29, 0.717) is 22.2 Å². The molecule has 0 atom stereocenters. The number of fused-ring (bicyclic) bond motifs is 1. The number of nitrogens with zero attached hydrogens (tertiary/aromatic N) is 4. The lowest BCUT2D eigenvalue weighted by Gasteiger charge is -2.06. The van der Waals surface area contributed by atoms with Crippen LogP contribution in [0.5, 0.6) is 0 Å². The van der Waals surface area contributed by atoms with Gasteiger partial charge in [-0.25, -0.2) is 18.7 Å². The normalized spacial score (nSPS) is 17.4. The first-order valence-corrected chi connectivity index (χ1v) is 10.1. The van der Waals surface area contributed by atoms with Crippen LogP contribution in [0.3, 0.4) is 0 Å². The van der Waals surface area contributed by atoms with E-state index in [1.54, 1.807) is 12.1 Å². The van der Waals surface area contributed by atoms with E-state index in [9.17, 15) is 4.39 Å². The van der Waals surface area contributed by atoms with Gasteiger partial charge in [-0.05, 0) is 46.5 Å². The molecule has 2 aromatic heterocycles. The summed E-state index contributed by atoms with van der Waals surface area (Å²) in [4.78, 5) is 8.07. The van der Waals surface area contributed by atoms with Gasteiger partial charge in [0.1, 0.15) is 29.3 Å². The van der Waals surface area contributed by atoms with E-state index < -0.39 is 12.8 Å². The topological polar surface area (TPSA) is 69.1 Å². The van der Waals surface area contributed by atoms with Crippen LogP contribution in [0, 0.1) is 5.82 Å². The van der Waals surface area contributed by atoms with E-state index in [-0.39, 0.29) is 26.8 Å². The minimum atomic E-state index is -2.49. The third-order valence-corrected chi connectivity index (χ3v) is 6.92. The van der Waals surface area contributed by atoms with Crippen LogP contribution in [-0.4, -0.2) is 26.0 Å². The fourth-order valence-electron chi connectivity index (χ4n) is 2.98. The van der Waals surface area contributed by atoms with E-state index in [1.165, 1.54) is 12.4 Å². The quantitative estimate of drug-likeness (QED) is 0.664. The maximum absolute atomic E-state index is 14.8. The monoisotopic (exact) mass is 424 g/mol. The molecule has 25 heavy (non-hydrogen) atoms. The van der Waals surface area contributed by atoms with Crippen molar-refractivity contribution in [3.8, 4) is 11.1 Å². The summed E-state index contributed by atoms with van der Waals surface area (Å²) in [6, 6.07) is 4.70. The Morgan fingerprint density at radius 3 is 2.88 bits per heavy atom. The zero-order valence-corrected chi connectivity index (χ0v) is 15.6. The van der Waals surface area contributed by atoms with E-state index in [1.807, 2.05) is 0 Å². The van der Waals surface area contributed by atoms with Gasteiger partial charge >= 0.3 is 0 Å². The molecular formula is C17H17BrFN5S. The number of benzene rings is 1. The Kier molecular flexibility index (Phi) is 3.48. The number of rotatable bonds is 2. The summed E-state index contributed by atoms with van der Waals surface area (Å²) in [5, 5.41) is 0.368. The standard InChI is InChI=1S/C17H17BrFN5S/c1-24-15(18)13(14-16(20)21-9-22-17(14)24)10-4-5-12(11(19)8-10)23-25-6-2-3-7-25/h4-5,8-9H,2-3,6-7H2,1H3,(H2,20,21,22)/i1D3. The lowest BCUT2D eigenvalue weighted by Crippen LogP contribution is -1.94. The minimum absolute atomic E-state index is 0.120. The van der Waals surface area contributed by atoms with Gasteiger partial charge in [-0.3, -0.25) is 0 Å². The summed E-state index contributed by atoms with van der Waals surface area (Å²) in [5.74, 6) is 1.69. The number of nitrogen functional groups attached to an aromatic ring is 1. The molecule has 2 N–H and O–H groups in total. The molecular weight excluding hydrogens is 405 g/mol. The molecule has 0 spiro atoms. The molecule has 130 valence electrons. The molecule has 0 unspecified atom stereocenters. The average Bonchev–Trinajstić information content (AvgIpc) is 3.22. The van der Waals surface area contributed by atoms with E-state index in [0.717, 1.165) is 28.9 Å². The van der Waals surface area contributed by atoms with E-state index in [4.69, 9.17) is 9.85 Å². The molecule has 1 saturated heterocycles. The Hall–Kier alpha value is -1.80. The first kappa shape index (κ1) is 13.4. The number of anilines is 1. The molecule has 5 nitrogen and oxygen atoms in total. The van der Waals surface area contributed by atoms with Crippen LogP contribution >= 0.6 is 15.9 Å². The first-order chi connectivity index (χ1) is 13.3. The number of hydrogen-bond acceptors (Lipinski definition) is 4. The van der Waals surface area contributed by atoms with Crippen molar-refractivity contribution in [2.24, 2.45) is 11.3 Å². The summed E-state index contributed by atoms with van der Waals surface area (Å²) >= 11 is 3.35. The SMILES string of the molecule is [2H]C([2H])([2H])n1c(Br)c(-c2ccc(N=S3CCCC3)c(F)c2)c2c(N)ncnc21. The van der Waals surface area contributed by atoms with Crippen molar-refractivity contribution in [1.82, 2.24) is 14.5 Å². The van der Waals surface area contributed by atoms with Crippen molar-refractivity contribution in [2.45, 2.75) is 12.8 Å². The highest BCUT2D eigenvalue weighted by Gasteiger charge is 2.20. The Balaban J connectivity index is 1.91. The number of aromatic nitrogens is 3. The third kappa shape index (κ3) is 2.87. The van der Waals surface area contributed by atoms with Crippen LogP contribution in [0.25, 0.3) is 22.2 Å². The van der Waals surface area contributed by atoms with Gasteiger partial charge < -0.3 is 10.3 Å². The highest BCUT2D eigenvalue weighted by atomic mass is 79.9. The Morgan fingerprint density at radius 2 is 2.16 bits per heavy atom. The second kappa shape index (κ2) is 6.49. The molecule has 0 aliphatic carbocycles. The Bertz CT molecular complexity index is 1100. The average molecular weight is 425 g/mol. The smallest absolute Gasteiger partial charge is 0.150 e. The highest BCUT2D eigenvalue weighted by molar-refractivity contribution is 9.10. The molecule has 8 heteroatoms. The fourth-order valence-corrected chi connectivity index (χ4v) is 5.46. The van der Waals surface area contributed by atoms with Crippen LogP contribution in [0.1, 0.15) is 17.0 Å². The zero-order chi connectivity index (χ0) is 20.1. The predicted molar refractivity (Wildman–Crippen MR) is 104 cm³/mol. The number of hydrogen-bond donors (Lipinski definition) is 1. The first-order valence-electron chi connectivity index (χ1n) is 9.27. The van der Waals surface area contributed by atoms with Crippen molar-refractivity contribution < 1.29 is 8.50 Å².